The molecule has 0 aliphatic carbocycles. The molecule has 2 aromatic rings. The second kappa shape index (κ2) is 6.01. The molecule has 1 aromatic heterocycles. The molecule has 0 amide bonds. The minimum absolute atomic E-state index is 0.117. The van der Waals surface area contributed by atoms with Gasteiger partial charge in [0.1, 0.15) is 6.07 Å². The summed E-state index contributed by atoms with van der Waals surface area (Å²) in [6.45, 7) is 5.62. The van der Waals surface area contributed by atoms with Crippen molar-refractivity contribution in [3.63, 3.8) is 0 Å². The summed E-state index contributed by atoms with van der Waals surface area (Å²) in [6.07, 6.45) is 0.996. The Morgan fingerprint density at radius 2 is 2.24 bits per heavy atom. The van der Waals surface area contributed by atoms with Crippen molar-refractivity contribution in [2.75, 3.05) is 38.1 Å². The monoisotopic (exact) mass is 357 g/mol. The third kappa shape index (κ3) is 2.68. The molecule has 1 aromatic carbocycles. The number of aromatic nitrogens is 2. The highest BCUT2D eigenvalue weighted by atomic mass is 35.5. The molecule has 2 atom stereocenters. The number of fused-ring (bicyclic) bond motifs is 1. The lowest BCUT2D eigenvalue weighted by atomic mass is 9.72. The number of anilines is 1. The summed E-state index contributed by atoms with van der Waals surface area (Å²) >= 11 is 6.24. The molecule has 2 aliphatic rings. The summed E-state index contributed by atoms with van der Waals surface area (Å²) in [5.74, 6) is 1.85. The highest BCUT2D eigenvalue weighted by Crippen LogP contribution is 2.45. The van der Waals surface area contributed by atoms with Gasteiger partial charge in [0.25, 0.3) is 0 Å². The van der Waals surface area contributed by atoms with Crippen molar-refractivity contribution in [2.24, 2.45) is 5.92 Å². The lowest BCUT2D eigenvalue weighted by Crippen LogP contribution is -2.48. The summed E-state index contributed by atoms with van der Waals surface area (Å²) in [5.41, 5.74) is 1.43. The summed E-state index contributed by atoms with van der Waals surface area (Å²) < 4.78 is 5.61. The molecule has 0 bridgehead atoms. The minimum Gasteiger partial charge on any atom is -0.370 e. The molecule has 2 fully saturated rings. The van der Waals surface area contributed by atoms with Gasteiger partial charge in [-0.2, -0.15) is 10.2 Å². The van der Waals surface area contributed by atoms with Gasteiger partial charge >= 0.3 is 0 Å². The number of likely N-dealkylation sites (tertiary alicyclic amines) is 1. The van der Waals surface area contributed by atoms with Crippen LogP contribution in [0.3, 0.4) is 0 Å². The SMILES string of the molecule is Cc1noc([C@@]23CCN(C)C[C@@H]2CN(c2ccc(C#N)c(Cl)c2)C3)n1. The lowest BCUT2D eigenvalue weighted by Gasteiger charge is -2.39. The molecule has 0 N–H and O–H groups in total. The van der Waals surface area contributed by atoms with Crippen LogP contribution in [0.15, 0.2) is 22.7 Å². The number of benzene rings is 1. The van der Waals surface area contributed by atoms with Gasteiger partial charge in [-0.05, 0) is 45.1 Å². The zero-order chi connectivity index (χ0) is 17.6. The van der Waals surface area contributed by atoms with Gasteiger partial charge in [-0.25, -0.2) is 0 Å². The van der Waals surface area contributed by atoms with E-state index >= 15 is 0 Å². The van der Waals surface area contributed by atoms with Crippen LogP contribution in [0, 0.1) is 24.2 Å². The standard InChI is InChI=1S/C18H20ClN5O/c1-12-21-17(25-22-12)18-5-6-23(2)9-14(18)10-24(11-18)15-4-3-13(8-20)16(19)7-15/h3-4,7,14H,5-6,9-11H2,1-2H3/t14-,18-/m1/s1. The van der Waals surface area contributed by atoms with Crippen molar-refractivity contribution in [3.05, 3.63) is 40.5 Å². The fourth-order valence-corrected chi connectivity index (χ4v) is 4.40. The highest BCUT2D eigenvalue weighted by molar-refractivity contribution is 6.32. The summed E-state index contributed by atoms with van der Waals surface area (Å²) in [6, 6.07) is 7.75. The Morgan fingerprint density at radius 3 is 2.92 bits per heavy atom. The van der Waals surface area contributed by atoms with Crippen LogP contribution in [0.1, 0.15) is 23.7 Å². The third-order valence-corrected chi connectivity index (χ3v) is 5.87. The van der Waals surface area contributed by atoms with E-state index in [1.165, 1.54) is 0 Å². The van der Waals surface area contributed by atoms with E-state index in [2.05, 4.69) is 33.1 Å². The van der Waals surface area contributed by atoms with Crippen LogP contribution in [0.2, 0.25) is 5.02 Å². The number of piperidine rings is 1. The summed E-state index contributed by atoms with van der Waals surface area (Å²) in [4.78, 5) is 9.27. The fourth-order valence-electron chi connectivity index (χ4n) is 4.19. The number of halogens is 1. The second-order valence-electron chi connectivity index (χ2n) is 7.17. The topological polar surface area (TPSA) is 69.2 Å². The van der Waals surface area contributed by atoms with Crippen LogP contribution in [-0.4, -0.2) is 48.3 Å². The molecule has 25 heavy (non-hydrogen) atoms. The quantitative estimate of drug-likeness (QED) is 0.822. The smallest absolute Gasteiger partial charge is 0.235 e. The van der Waals surface area contributed by atoms with Gasteiger partial charge in [0.05, 0.1) is 16.0 Å². The third-order valence-electron chi connectivity index (χ3n) is 5.56. The number of hydrogen-bond acceptors (Lipinski definition) is 6. The van der Waals surface area contributed by atoms with Crippen molar-refractivity contribution in [3.8, 4) is 6.07 Å². The van der Waals surface area contributed by atoms with Crippen LogP contribution in [0.25, 0.3) is 0 Å². The van der Waals surface area contributed by atoms with Crippen molar-refractivity contribution in [1.29, 1.82) is 5.26 Å². The Balaban J connectivity index is 1.70. The first-order valence-electron chi connectivity index (χ1n) is 8.46. The van der Waals surface area contributed by atoms with Gasteiger partial charge in [0.2, 0.25) is 5.89 Å². The minimum atomic E-state index is -0.117. The predicted octanol–water partition coefficient (Wildman–Crippen LogP) is 2.61. The molecular formula is C18H20ClN5O. The Kier molecular flexibility index (Phi) is 3.94. The molecule has 3 heterocycles. The molecule has 7 heteroatoms. The van der Waals surface area contributed by atoms with E-state index in [-0.39, 0.29) is 5.41 Å². The molecule has 0 saturated carbocycles. The van der Waals surface area contributed by atoms with E-state index in [4.69, 9.17) is 21.4 Å². The number of aryl methyl sites for hydroxylation is 1. The molecule has 0 spiro atoms. The average Bonchev–Trinajstić information content (AvgIpc) is 3.19. The maximum absolute atomic E-state index is 9.08. The van der Waals surface area contributed by atoms with Gasteiger partial charge in [-0.3, -0.25) is 0 Å². The van der Waals surface area contributed by atoms with E-state index in [1.807, 2.05) is 19.1 Å². The van der Waals surface area contributed by atoms with Crippen molar-refractivity contribution < 1.29 is 4.52 Å². The van der Waals surface area contributed by atoms with Crippen LogP contribution in [0.4, 0.5) is 5.69 Å². The molecule has 0 radical (unpaired) electrons. The first kappa shape index (κ1) is 16.4. The van der Waals surface area contributed by atoms with Crippen LogP contribution < -0.4 is 4.90 Å². The zero-order valence-corrected chi connectivity index (χ0v) is 15.1. The number of rotatable bonds is 2. The molecule has 6 nitrogen and oxygen atoms in total. The van der Waals surface area contributed by atoms with Gasteiger partial charge in [0, 0.05) is 31.2 Å². The first-order valence-corrected chi connectivity index (χ1v) is 8.83. The number of nitriles is 1. The molecule has 4 rings (SSSR count). The van der Waals surface area contributed by atoms with Crippen molar-refractivity contribution in [2.45, 2.75) is 18.8 Å². The highest BCUT2D eigenvalue weighted by Gasteiger charge is 2.53. The predicted molar refractivity (Wildman–Crippen MR) is 94.7 cm³/mol. The molecule has 130 valence electrons. The number of nitrogens with zero attached hydrogens (tertiary/aromatic N) is 5. The Morgan fingerprint density at radius 1 is 1.40 bits per heavy atom. The number of hydrogen-bond donors (Lipinski definition) is 0. The van der Waals surface area contributed by atoms with Gasteiger partial charge in [0.15, 0.2) is 5.82 Å². The molecule has 2 aliphatic heterocycles. The second-order valence-corrected chi connectivity index (χ2v) is 7.58. The maximum atomic E-state index is 9.08. The molecular weight excluding hydrogens is 338 g/mol. The van der Waals surface area contributed by atoms with Gasteiger partial charge < -0.3 is 14.3 Å². The van der Waals surface area contributed by atoms with E-state index in [0.29, 0.717) is 22.3 Å². The molecule has 2 saturated heterocycles. The summed E-state index contributed by atoms with van der Waals surface area (Å²) in [5, 5.41) is 13.6. The van der Waals surface area contributed by atoms with E-state index in [9.17, 15) is 0 Å². The Labute approximate surface area is 152 Å². The van der Waals surface area contributed by atoms with Crippen LogP contribution in [0.5, 0.6) is 0 Å². The van der Waals surface area contributed by atoms with E-state index < -0.39 is 0 Å². The largest absolute Gasteiger partial charge is 0.370 e. The zero-order valence-electron chi connectivity index (χ0n) is 14.4. The Bertz CT molecular complexity index is 844. The average molecular weight is 358 g/mol. The van der Waals surface area contributed by atoms with Crippen molar-refractivity contribution in [1.82, 2.24) is 15.0 Å². The van der Waals surface area contributed by atoms with E-state index in [1.54, 1.807) is 6.07 Å². The van der Waals surface area contributed by atoms with Gasteiger partial charge in [-0.15, -0.1) is 0 Å². The Hall–Kier alpha value is -2.10. The van der Waals surface area contributed by atoms with Crippen LogP contribution >= 0.6 is 11.6 Å². The van der Waals surface area contributed by atoms with Crippen molar-refractivity contribution >= 4 is 17.3 Å². The van der Waals surface area contributed by atoms with Gasteiger partial charge in [-0.1, -0.05) is 16.8 Å². The normalized spacial score (nSPS) is 26.5. The maximum Gasteiger partial charge on any atom is 0.235 e. The molecule has 0 unspecified atom stereocenters. The lowest BCUT2D eigenvalue weighted by molar-refractivity contribution is 0.118. The van der Waals surface area contributed by atoms with E-state index in [0.717, 1.165) is 44.2 Å². The summed E-state index contributed by atoms with van der Waals surface area (Å²) in [7, 11) is 2.16. The van der Waals surface area contributed by atoms with Crippen LogP contribution in [-0.2, 0) is 5.41 Å². The fraction of sp³-hybridized carbons (Fsp3) is 0.500. The first-order chi connectivity index (χ1) is 12.0.